The number of halogens is 1. The van der Waals surface area contributed by atoms with Gasteiger partial charge in [0.1, 0.15) is 18.2 Å². The summed E-state index contributed by atoms with van der Waals surface area (Å²) in [7, 11) is 0. The second kappa shape index (κ2) is 8.88. The maximum Gasteiger partial charge on any atom is 0.129 e. The summed E-state index contributed by atoms with van der Waals surface area (Å²) in [6, 6.07) is 4.93. The fourth-order valence-electron chi connectivity index (χ4n) is 1.55. The van der Waals surface area contributed by atoms with E-state index in [1.165, 1.54) is 6.07 Å². The molecule has 0 aliphatic carbocycles. The second-order valence-electron chi connectivity index (χ2n) is 4.78. The van der Waals surface area contributed by atoms with Gasteiger partial charge in [-0.25, -0.2) is 4.39 Å². The van der Waals surface area contributed by atoms with Crippen LogP contribution in [0.3, 0.4) is 0 Å². The van der Waals surface area contributed by atoms with Crippen molar-refractivity contribution in [3.63, 3.8) is 0 Å². The van der Waals surface area contributed by atoms with Crippen LogP contribution in [0.5, 0.6) is 5.75 Å². The Morgan fingerprint density at radius 2 is 2.00 bits per heavy atom. The summed E-state index contributed by atoms with van der Waals surface area (Å²) in [6.07, 6.45) is 1.27. The molecule has 0 bridgehead atoms. The number of rotatable bonds is 9. The topological polar surface area (TPSA) is 30.5 Å². The lowest BCUT2D eigenvalue weighted by Gasteiger charge is -2.09. The minimum Gasteiger partial charge on any atom is -0.492 e. The summed E-state index contributed by atoms with van der Waals surface area (Å²) in [5.41, 5.74) is 0.635. The van der Waals surface area contributed by atoms with Gasteiger partial charge in [0, 0.05) is 19.2 Å². The molecular weight excluding hydrogens is 245 g/mol. The van der Waals surface area contributed by atoms with E-state index in [-0.39, 0.29) is 5.82 Å². The van der Waals surface area contributed by atoms with Gasteiger partial charge in [0.05, 0.1) is 6.10 Å². The van der Waals surface area contributed by atoms with Gasteiger partial charge >= 0.3 is 0 Å². The van der Waals surface area contributed by atoms with Crippen molar-refractivity contribution in [2.24, 2.45) is 0 Å². The molecule has 19 heavy (non-hydrogen) atoms. The molecule has 1 N–H and O–H groups in total. The van der Waals surface area contributed by atoms with Crippen molar-refractivity contribution in [1.82, 2.24) is 5.32 Å². The Hall–Kier alpha value is -1.13. The van der Waals surface area contributed by atoms with Gasteiger partial charge in [-0.2, -0.15) is 0 Å². The van der Waals surface area contributed by atoms with Crippen molar-refractivity contribution >= 4 is 0 Å². The molecule has 0 amide bonds. The minimum atomic E-state index is -0.226. The van der Waals surface area contributed by atoms with Gasteiger partial charge in [0.15, 0.2) is 0 Å². The Kier molecular flexibility index (Phi) is 7.45. The van der Waals surface area contributed by atoms with Gasteiger partial charge in [-0.15, -0.1) is 0 Å². The third kappa shape index (κ3) is 7.13. The van der Waals surface area contributed by atoms with Crippen molar-refractivity contribution in [2.75, 3.05) is 26.3 Å². The smallest absolute Gasteiger partial charge is 0.129 e. The molecule has 3 nitrogen and oxygen atoms in total. The molecule has 0 heterocycles. The molecule has 0 saturated heterocycles. The Bertz CT molecular complexity index is 369. The van der Waals surface area contributed by atoms with Crippen molar-refractivity contribution < 1.29 is 13.9 Å². The van der Waals surface area contributed by atoms with Gasteiger partial charge in [0.2, 0.25) is 0 Å². The summed E-state index contributed by atoms with van der Waals surface area (Å²) in [5.74, 6) is 0.351. The molecule has 0 unspecified atom stereocenters. The Labute approximate surface area is 115 Å². The van der Waals surface area contributed by atoms with Crippen LogP contribution in [-0.4, -0.2) is 32.4 Å². The van der Waals surface area contributed by atoms with Crippen molar-refractivity contribution in [1.29, 1.82) is 0 Å². The summed E-state index contributed by atoms with van der Waals surface area (Å²) in [5, 5.41) is 3.26. The van der Waals surface area contributed by atoms with Crippen LogP contribution in [0.1, 0.15) is 25.8 Å². The number of ether oxygens (including phenoxy) is 2. The van der Waals surface area contributed by atoms with Crippen LogP contribution >= 0.6 is 0 Å². The fraction of sp³-hybridized carbons (Fsp3) is 0.600. The van der Waals surface area contributed by atoms with E-state index in [2.05, 4.69) is 5.32 Å². The molecule has 0 fully saturated rings. The molecule has 0 aliphatic heterocycles. The first kappa shape index (κ1) is 15.9. The molecule has 1 aromatic carbocycles. The summed E-state index contributed by atoms with van der Waals surface area (Å²) < 4.78 is 24.1. The van der Waals surface area contributed by atoms with Gasteiger partial charge in [-0.05, 0) is 45.4 Å². The van der Waals surface area contributed by atoms with Crippen LogP contribution in [0.15, 0.2) is 18.2 Å². The predicted octanol–water partition coefficient (Wildman–Crippen LogP) is 2.92. The monoisotopic (exact) mass is 269 g/mol. The summed E-state index contributed by atoms with van der Waals surface area (Å²) >= 11 is 0. The Balaban J connectivity index is 2.03. The van der Waals surface area contributed by atoms with E-state index in [0.29, 0.717) is 24.0 Å². The van der Waals surface area contributed by atoms with Crippen LogP contribution in [-0.2, 0) is 4.74 Å². The molecule has 0 atom stereocenters. The molecule has 1 aromatic rings. The Morgan fingerprint density at radius 1 is 1.21 bits per heavy atom. The molecule has 1 rings (SSSR count). The van der Waals surface area contributed by atoms with Crippen LogP contribution in [0.4, 0.5) is 4.39 Å². The normalized spacial score (nSPS) is 11.0. The van der Waals surface area contributed by atoms with Crippen LogP contribution in [0, 0.1) is 12.7 Å². The zero-order valence-corrected chi connectivity index (χ0v) is 12.0. The maximum atomic E-state index is 13.2. The van der Waals surface area contributed by atoms with E-state index in [0.717, 1.165) is 26.1 Å². The lowest BCUT2D eigenvalue weighted by atomic mass is 10.2. The molecule has 0 radical (unpaired) electrons. The first-order valence-corrected chi connectivity index (χ1v) is 6.81. The highest BCUT2D eigenvalue weighted by atomic mass is 19.1. The van der Waals surface area contributed by atoms with Gasteiger partial charge < -0.3 is 14.8 Å². The molecule has 0 aromatic heterocycles. The quantitative estimate of drug-likeness (QED) is 0.699. The lowest BCUT2D eigenvalue weighted by Crippen LogP contribution is -2.23. The van der Waals surface area contributed by atoms with Gasteiger partial charge in [-0.1, -0.05) is 6.07 Å². The summed E-state index contributed by atoms with van der Waals surface area (Å²) in [4.78, 5) is 0. The standard InChI is InChI=1S/C15H24FNO2/c1-12(2)18-9-4-7-17-8-10-19-14-6-5-13(3)15(16)11-14/h5-6,11-12,17H,4,7-10H2,1-3H3. The highest BCUT2D eigenvalue weighted by molar-refractivity contribution is 5.27. The second-order valence-corrected chi connectivity index (χ2v) is 4.78. The third-order valence-corrected chi connectivity index (χ3v) is 2.64. The van der Waals surface area contributed by atoms with Gasteiger partial charge in [-0.3, -0.25) is 0 Å². The van der Waals surface area contributed by atoms with E-state index in [4.69, 9.17) is 9.47 Å². The fourth-order valence-corrected chi connectivity index (χ4v) is 1.55. The zero-order chi connectivity index (χ0) is 14.1. The highest BCUT2D eigenvalue weighted by Crippen LogP contribution is 2.15. The number of aryl methyl sites for hydroxylation is 1. The Morgan fingerprint density at radius 3 is 2.68 bits per heavy atom. The lowest BCUT2D eigenvalue weighted by molar-refractivity contribution is 0.0770. The molecule has 4 heteroatoms. The average Bonchev–Trinajstić information content (AvgIpc) is 2.36. The molecule has 0 aliphatic rings. The van der Waals surface area contributed by atoms with Crippen molar-refractivity contribution in [3.8, 4) is 5.75 Å². The van der Waals surface area contributed by atoms with E-state index in [1.807, 2.05) is 13.8 Å². The van der Waals surface area contributed by atoms with Crippen LogP contribution < -0.4 is 10.1 Å². The first-order chi connectivity index (χ1) is 9.09. The van der Waals surface area contributed by atoms with E-state index in [9.17, 15) is 4.39 Å². The van der Waals surface area contributed by atoms with E-state index < -0.39 is 0 Å². The molecule has 0 saturated carbocycles. The molecule has 0 spiro atoms. The first-order valence-electron chi connectivity index (χ1n) is 6.81. The van der Waals surface area contributed by atoms with E-state index in [1.54, 1.807) is 19.1 Å². The molecule has 108 valence electrons. The maximum absolute atomic E-state index is 13.2. The zero-order valence-electron chi connectivity index (χ0n) is 12.0. The van der Waals surface area contributed by atoms with Gasteiger partial charge in [0.25, 0.3) is 0 Å². The van der Waals surface area contributed by atoms with E-state index >= 15 is 0 Å². The van der Waals surface area contributed by atoms with Crippen molar-refractivity contribution in [2.45, 2.75) is 33.3 Å². The third-order valence-electron chi connectivity index (χ3n) is 2.64. The number of hydrogen-bond donors (Lipinski definition) is 1. The largest absolute Gasteiger partial charge is 0.492 e. The summed E-state index contributed by atoms with van der Waals surface area (Å²) in [6.45, 7) is 8.75. The number of hydrogen-bond acceptors (Lipinski definition) is 3. The highest BCUT2D eigenvalue weighted by Gasteiger charge is 1.99. The molecular formula is C15H24FNO2. The predicted molar refractivity (Wildman–Crippen MR) is 75.2 cm³/mol. The van der Waals surface area contributed by atoms with Crippen LogP contribution in [0.25, 0.3) is 0 Å². The number of benzene rings is 1. The average molecular weight is 269 g/mol. The van der Waals surface area contributed by atoms with Crippen molar-refractivity contribution in [3.05, 3.63) is 29.6 Å². The number of nitrogens with one attached hydrogen (secondary N) is 1. The minimum absolute atomic E-state index is 0.226. The van der Waals surface area contributed by atoms with Crippen LogP contribution in [0.2, 0.25) is 0 Å². The SMILES string of the molecule is Cc1ccc(OCCNCCCOC(C)C)cc1F.